The minimum absolute atomic E-state index is 0.0436. The summed E-state index contributed by atoms with van der Waals surface area (Å²) in [6, 6.07) is -3.78. The number of hydrogen-bond donors (Lipinski definition) is 4. The van der Waals surface area contributed by atoms with Crippen molar-refractivity contribution in [1.82, 2.24) is 26.2 Å². The summed E-state index contributed by atoms with van der Waals surface area (Å²) in [7, 11) is 1.77. The Hall–Kier alpha value is -4.03. The number of Topliss-reactive ketones (excluding diaryl/α,β-unsaturated/α-hetero) is 1. The van der Waals surface area contributed by atoms with Gasteiger partial charge in [-0.25, -0.2) is 4.79 Å². The molecule has 4 N–H and O–H groups in total. The quantitative estimate of drug-likeness (QED) is 0.139. The van der Waals surface area contributed by atoms with Gasteiger partial charge in [0.05, 0.1) is 17.8 Å². The zero-order valence-electron chi connectivity index (χ0n) is 32.8. The number of likely N-dealkylation sites (N-methyl/N-ethyl adjacent to an activating group) is 1. The normalized spacial score (nSPS) is 21.1. The second-order valence-electron chi connectivity index (χ2n) is 16.9. The summed E-state index contributed by atoms with van der Waals surface area (Å²) in [5, 5.41) is 11.4. The molecule has 3 fully saturated rings. The molecule has 0 radical (unpaired) electrons. The van der Waals surface area contributed by atoms with Gasteiger partial charge in [0, 0.05) is 32.2 Å². The lowest BCUT2D eigenvalue weighted by Crippen LogP contribution is -2.61. The Bertz CT molecular complexity index is 1580. The standard InChI is InChI=1S/C40H62N6O7/c1-9-14-27(33(47)37(51)41-20-10-2)42-36(50)31-26(23(3)4)19-21-46(31)38(52)30(25-15-12-11-13-16-25)44-39(53)43-28(40(5,6)7)22-45(8)32-29(24-17-18-24)34(48)35(32)49/h10,23-28,30-31H,2,9,11-22H2,1,3-8H3,(H,41,51)(H,42,50)(H2,43,44,53)/t26-,27?,28-,30+,31+/m1/s1. The number of likely N-dealkylation sites (tertiary alicyclic amines) is 1. The molecule has 1 aromatic carbocycles. The molecule has 1 unspecified atom stereocenters. The molecule has 3 aliphatic rings. The van der Waals surface area contributed by atoms with Gasteiger partial charge in [0.15, 0.2) is 0 Å². The maximum atomic E-state index is 14.7. The van der Waals surface area contributed by atoms with Crippen LogP contribution in [0.3, 0.4) is 0 Å². The Balaban J connectivity index is 1.55. The second kappa shape index (κ2) is 17.9. The fourth-order valence-corrected chi connectivity index (χ4v) is 8.12. The predicted molar refractivity (Wildman–Crippen MR) is 205 cm³/mol. The summed E-state index contributed by atoms with van der Waals surface area (Å²) >= 11 is 0. The number of anilines is 1. The van der Waals surface area contributed by atoms with Gasteiger partial charge in [-0.1, -0.05) is 73.3 Å². The fraction of sp³-hybridized carbons (Fsp3) is 0.725. The van der Waals surface area contributed by atoms with Crippen LogP contribution in [0.2, 0.25) is 0 Å². The maximum absolute atomic E-state index is 14.7. The molecule has 294 valence electrons. The number of carbonyl (C=O) groups is 5. The molecule has 1 heterocycles. The van der Waals surface area contributed by atoms with Gasteiger partial charge < -0.3 is 31.1 Å². The highest BCUT2D eigenvalue weighted by atomic mass is 16.2. The zero-order valence-corrected chi connectivity index (χ0v) is 32.8. The van der Waals surface area contributed by atoms with Crippen molar-refractivity contribution in [1.29, 1.82) is 0 Å². The molecule has 0 bridgehead atoms. The van der Waals surface area contributed by atoms with Crippen molar-refractivity contribution in [3.63, 3.8) is 0 Å². The molecule has 1 aromatic rings. The van der Waals surface area contributed by atoms with E-state index in [1.165, 1.54) is 6.08 Å². The summed E-state index contributed by atoms with van der Waals surface area (Å²) in [4.78, 5) is 96.7. The van der Waals surface area contributed by atoms with Crippen LogP contribution >= 0.6 is 0 Å². The summed E-state index contributed by atoms with van der Waals surface area (Å²) in [6.07, 6.45) is 9.04. The van der Waals surface area contributed by atoms with Crippen molar-refractivity contribution in [2.75, 3.05) is 31.6 Å². The highest BCUT2D eigenvalue weighted by molar-refractivity contribution is 6.38. The number of nitrogens with one attached hydrogen (secondary N) is 4. The molecule has 1 saturated heterocycles. The first-order chi connectivity index (χ1) is 25.0. The molecule has 13 heteroatoms. The van der Waals surface area contributed by atoms with Crippen LogP contribution in [0.15, 0.2) is 22.2 Å². The average molecular weight is 739 g/mol. The Kier molecular flexibility index (Phi) is 14.1. The highest BCUT2D eigenvalue weighted by Gasteiger charge is 2.47. The Morgan fingerprint density at radius 1 is 0.943 bits per heavy atom. The van der Waals surface area contributed by atoms with E-state index in [1.54, 1.807) is 16.8 Å². The minimum atomic E-state index is -1.04. The molecule has 5 atom stereocenters. The third-order valence-electron chi connectivity index (χ3n) is 11.5. The number of rotatable bonds is 17. The van der Waals surface area contributed by atoms with E-state index < -0.39 is 64.1 Å². The average Bonchev–Trinajstić information content (AvgIpc) is 3.84. The molecule has 13 nitrogen and oxygen atoms in total. The third-order valence-corrected chi connectivity index (χ3v) is 11.5. The molecular weight excluding hydrogens is 676 g/mol. The van der Waals surface area contributed by atoms with Crippen LogP contribution in [0, 0.1) is 23.2 Å². The van der Waals surface area contributed by atoms with Crippen molar-refractivity contribution in [3.05, 3.63) is 38.7 Å². The first-order valence-corrected chi connectivity index (χ1v) is 19.7. The van der Waals surface area contributed by atoms with Crippen LogP contribution in [-0.4, -0.2) is 85.3 Å². The van der Waals surface area contributed by atoms with Crippen LogP contribution in [0.5, 0.6) is 0 Å². The van der Waals surface area contributed by atoms with Gasteiger partial charge in [0.1, 0.15) is 12.1 Å². The summed E-state index contributed by atoms with van der Waals surface area (Å²) in [5.74, 6) is -2.51. The maximum Gasteiger partial charge on any atom is 0.315 e. The smallest absolute Gasteiger partial charge is 0.315 e. The Labute approximate surface area is 314 Å². The topological polar surface area (TPSA) is 174 Å². The summed E-state index contributed by atoms with van der Waals surface area (Å²) in [6.45, 7) is 16.1. The molecule has 5 amide bonds. The van der Waals surface area contributed by atoms with Crippen LogP contribution in [0.1, 0.15) is 117 Å². The Morgan fingerprint density at radius 2 is 1.60 bits per heavy atom. The first kappa shape index (κ1) is 41.7. The number of hydrogen-bond acceptors (Lipinski definition) is 8. The van der Waals surface area contributed by atoms with Crippen LogP contribution in [-0.2, 0) is 19.2 Å². The van der Waals surface area contributed by atoms with Gasteiger partial charge in [-0.2, -0.15) is 0 Å². The first-order valence-electron chi connectivity index (χ1n) is 19.7. The highest BCUT2D eigenvalue weighted by Crippen LogP contribution is 2.42. The minimum Gasteiger partial charge on any atom is -0.369 e. The summed E-state index contributed by atoms with van der Waals surface area (Å²) in [5.41, 5.74) is -0.300. The van der Waals surface area contributed by atoms with Crippen molar-refractivity contribution in [2.24, 2.45) is 23.2 Å². The fourth-order valence-electron chi connectivity index (χ4n) is 8.12. The van der Waals surface area contributed by atoms with E-state index in [0.717, 1.165) is 44.9 Å². The largest absolute Gasteiger partial charge is 0.369 e. The Morgan fingerprint density at radius 3 is 2.17 bits per heavy atom. The van der Waals surface area contributed by atoms with Crippen LogP contribution in [0.4, 0.5) is 10.5 Å². The molecule has 0 aromatic heterocycles. The lowest BCUT2D eigenvalue weighted by atomic mass is 9.82. The van der Waals surface area contributed by atoms with E-state index >= 15 is 0 Å². The summed E-state index contributed by atoms with van der Waals surface area (Å²) < 4.78 is 0. The molecule has 2 aliphatic carbocycles. The van der Waals surface area contributed by atoms with E-state index in [4.69, 9.17) is 0 Å². The van der Waals surface area contributed by atoms with Crippen molar-refractivity contribution in [2.45, 2.75) is 136 Å². The van der Waals surface area contributed by atoms with E-state index in [2.05, 4.69) is 27.8 Å². The lowest BCUT2D eigenvalue weighted by molar-refractivity contribution is -0.144. The van der Waals surface area contributed by atoms with Gasteiger partial charge >= 0.3 is 6.03 Å². The number of nitrogens with zero attached hydrogens (tertiary/aromatic N) is 2. The SMILES string of the molecule is C=CCNC(=O)C(=O)C(CCC)NC(=O)[C@@H]1[C@@H](C(C)C)CCN1C(=O)[C@@H](NC(=O)N[C@H](CN(C)c1c(C2CC2)c(=O)c1=O)C(C)(C)C)C1CCCCC1. The lowest BCUT2D eigenvalue weighted by Gasteiger charge is -2.38. The van der Waals surface area contributed by atoms with E-state index in [0.29, 0.717) is 30.6 Å². The number of amides is 5. The van der Waals surface area contributed by atoms with E-state index in [1.807, 2.05) is 41.5 Å². The van der Waals surface area contributed by atoms with Crippen molar-refractivity contribution < 1.29 is 24.0 Å². The third kappa shape index (κ3) is 9.94. The molecule has 53 heavy (non-hydrogen) atoms. The molecule has 4 rings (SSSR count). The number of ketones is 1. The van der Waals surface area contributed by atoms with Gasteiger partial charge in [-0.05, 0) is 67.6 Å². The van der Waals surface area contributed by atoms with Crippen LogP contribution in [0.25, 0.3) is 0 Å². The number of carbonyl (C=O) groups excluding carboxylic acids is 5. The van der Waals surface area contributed by atoms with Crippen molar-refractivity contribution >= 4 is 35.2 Å². The zero-order chi connectivity index (χ0) is 39.2. The van der Waals surface area contributed by atoms with Crippen LogP contribution < -0.4 is 37.0 Å². The van der Waals surface area contributed by atoms with E-state index in [-0.39, 0.29) is 49.1 Å². The molecular formula is C40H62N6O7. The monoisotopic (exact) mass is 738 g/mol. The molecule has 1 aliphatic heterocycles. The van der Waals surface area contributed by atoms with Crippen molar-refractivity contribution in [3.8, 4) is 0 Å². The molecule has 2 saturated carbocycles. The van der Waals surface area contributed by atoms with Gasteiger partial charge in [-0.3, -0.25) is 28.8 Å². The predicted octanol–water partition coefficient (Wildman–Crippen LogP) is 3.29. The van der Waals surface area contributed by atoms with Gasteiger partial charge in [-0.15, -0.1) is 6.58 Å². The second-order valence-corrected chi connectivity index (χ2v) is 16.9. The number of urea groups is 1. The molecule has 0 spiro atoms. The van der Waals surface area contributed by atoms with E-state index in [9.17, 15) is 33.6 Å². The van der Waals surface area contributed by atoms with Gasteiger partial charge in [0.25, 0.3) is 5.91 Å². The van der Waals surface area contributed by atoms with Gasteiger partial charge in [0.2, 0.25) is 28.5 Å².